The average Bonchev–Trinajstić information content (AvgIpc) is 3.32. The second-order valence-electron chi connectivity index (χ2n) is 6.57. The van der Waals surface area contributed by atoms with Crippen molar-refractivity contribution in [2.24, 2.45) is 0 Å². The molecular formula is C18H22ClFN6S. The lowest BCUT2D eigenvalue weighted by molar-refractivity contribution is 0.121. The van der Waals surface area contributed by atoms with Gasteiger partial charge in [0.05, 0.1) is 12.6 Å². The summed E-state index contributed by atoms with van der Waals surface area (Å²) >= 11 is 1.69. The van der Waals surface area contributed by atoms with E-state index in [-0.39, 0.29) is 24.3 Å². The van der Waals surface area contributed by atoms with Gasteiger partial charge in [-0.25, -0.2) is 9.07 Å². The molecule has 1 atom stereocenters. The van der Waals surface area contributed by atoms with Gasteiger partial charge in [-0.05, 0) is 46.6 Å². The molecular weight excluding hydrogens is 387 g/mol. The van der Waals surface area contributed by atoms with Gasteiger partial charge in [-0.1, -0.05) is 18.2 Å². The third-order valence-corrected chi connectivity index (χ3v) is 5.64. The first kappa shape index (κ1) is 19.9. The van der Waals surface area contributed by atoms with Gasteiger partial charge < -0.3 is 4.90 Å². The number of rotatable bonds is 5. The monoisotopic (exact) mass is 408 g/mol. The molecule has 0 spiro atoms. The molecule has 1 unspecified atom stereocenters. The van der Waals surface area contributed by atoms with Gasteiger partial charge in [-0.2, -0.15) is 0 Å². The Balaban J connectivity index is 0.00000210. The SMILES string of the molecule is CN1CCN(C(c2ccc(F)cc2)c2nnnn2Cc2cccs2)CC1.Cl. The van der Waals surface area contributed by atoms with E-state index in [1.807, 2.05) is 22.9 Å². The number of aromatic nitrogens is 4. The number of piperazine rings is 1. The summed E-state index contributed by atoms with van der Waals surface area (Å²) in [6.45, 7) is 4.47. The minimum absolute atomic E-state index is 0. The van der Waals surface area contributed by atoms with Crippen LogP contribution >= 0.6 is 23.7 Å². The van der Waals surface area contributed by atoms with Crippen LogP contribution in [0.15, 0.2) is 41.8 Å². The van der Waals surface area contributed by atoms with Crippen LogP contribution in [-0.4, -0.2) is 63.2 Å². The first-order chi connectivity index (χ1) is 12.7. The number of likely N-dealkylation sites (N-methyl/N-ethyl adjacent to an activating group) is 1. The third-order valence-electron chi connectivity index (χ3n) is 4.78. The van der Waals surface area contributed by atoms with Crippen LogP contribution in [0.2, 0.25) is 0 Å². The van der Waals surface area contributed by atoms with Crippen molar-refractivity contribution in [3.8, 4) is 0 Å². The zero-order chi connectivity index (χ0) is 17.9. The van der Waals surface area contributed by atoms with Gasteiger partial charge in [-0.3, -0.25) is 4.90 Å². The number of nitrogens with zero attached hydrogens (tertiary/aromatic N) is 6. The molecule has 3 aromatic rings. The molecule has 1 aliphatic heterocycles. The molecule has 0 amide bonds. The molecule has 3 heterocycles. The maximum Gasteiger partial charge on any atom is 0.173 e. The molecule has 4 rings (SSSR count). The van der Waals surface area contributed by atoms with E-state index in [2.05, 4.69) is 43.8 Å². The maximum absolute atomic E-state index is 13.5. The standard InChI is InChI=1S/C18H21FN6S.ClH/c1-23-8-10-24(11-9-23)17(14-4-6-15(19)7-5-14)18-20-21-22-25(18)13-16-3-2-12-26-16;/h2-7,12,17H,8-11,13H2,1H3;1H. The van der Waals surface area contributed by atoms with Gasteiger partial charge in [0.1, 0.15) is 5.82 Å². The number of benzene rings is 1. The Bertz CT molecular complexity index is 830. The van der Waals surface area contributed by atoms with E-state index in [0.717, 1.165) is 37.6 Å². The van der Waals surface area contributed by atoms with Crippen molar-refractivity contribution in [2.75, 3.05) is 33.2 Å². The lowest BCUT2D eigenvalue weighted by Crippen LogP contribution is -2.46. The molecule has 1 fully saturated rings. The van der Waals surface area contributed by atoms with Crippen molar-refractivity contribution >= 4 is 23.7 Å². The Morgan fingerprint density at radius 2 is 1.85 bits per heavy atom. The fourth-order valence-corrected chi connectivity index (χ4v) is 4.00. The highest BCUT2D eigenvalue weighted by molar-refractivity contribution is 7.09. The van der Waals surface area contributed by atoms with Crippen LogP contribution in [0, 0.1) is 5.82 Å². The molecule has 0 radical (unpaired) electrons. The predicted octanol–water partition coefficient (Wildman–Crippen LogP) is 2.68. The smallest absolute Gasteiger partial charge is 0.173 e. The van der Waals surface area contributed by atoms with E-state index in [4.69, 9.17) is 0 Å². The minimum Gasteiger partial charge on any atom is -0.304 e. The summed E-state index contributed by atoms with van der Waals surface area (Å²) in [6.07, 6.45) is 0. The Morgan fingerprint density at radius 3 is 2.52 bits per heavy atom. The van der Waals surface area contributed by atoms with Gasteiger partial charge in [0.25, 0.3) is 0 Å². The van der Waals surface area contributed by atoms with E-state index < -0.39 is 0 Å². The van der Waals surface area contributed by atoms with Crippen molar-refractivity contribution in [3.63, 3.8) is 0 Å². The zero-order valence-corrected chi connectivity index (χ0v) is 16.7. The first-order valence-corrected chi connectivity index (χ1v) is 9.55. The Hall–Kier alpha value is -1.87. The van der Waals surface area contributed by atoms with Crippen molar-refractivity contribution in [1.29, 1.82) is 0 Å². The summed E-state index contributed by atoms with van der Waals surface area (Å²) in [5.41, 5.74) is 1.01. The topological polar surface area (TPSA) is 50.1 Å². The summed E-state index contributed by atoms with van der Waals surface area (Å²) in [6, 6.07) is 10.7. The molecule has 9 heteroatoms. The van der Waals surface area contributed by atoms with Gasteiger partial charge in [0.15, 0.2) is 5.82 Å². The van der Waals surface area contributed by atoms with E-state index >= 15 is 0 Å². The second kappa shape index (κ2) is 8.88. The fourth-order valence-electron chi connectivity index (χ4n) is 3.32. The maximum atomic E-state index is 13.5. The van der Waals surface area contributed by atoms with Crippen LogP contribution in [0.5, 0.6) is 0 Å². The Morgan fingerprint density at radius 1 is 1.11 bits per heavy atom. The third kappa shape index (κ3) is 4.52. The van der Waals surface area contributed by atoms with E-state index in [9.17, 15) is 4.39 Å². The highest BCUT2D eigenvalue weighted by atomic mass is 35.5. The molecule has 1 aromatic carbocycles. The molecule has 1 saturated heterocycles. The van der Waals surface area contributed by atoms with Crippen LogP contribution < -0.4 is 0 Å². The van der Waals surface area contributed by atoms with Crippen LogP contribution in [0.1, 0.15) is 22.3 Å². The van der Waals surface area contributed by atoms with Crippen LogP contribution in [0.3, 0.4) is 0 Å². The van der Waals surface area contributed by atoms with Crippen molar-refractivity contribution < 1.29 is 4.39 Å². The Kier molecular flexibility index (Phi) is 6.54. The van der Waals surface area contributed by atoms with Crippen LogP contribution in [0.4, 0.5) is 4.39 Å². The van der Waals surface area contributed by atoms with Gasteiger partial charge in [-0.15, -0.1) is 28.8 Å². The van der Waals surface area contributed by atoms with Gasteiger partial charge in [0, 0.05) is 31.1 Å². The largest absolute Gasteiger partial charge is 0.304 e. The lowest BCUT2D eigenvalue weighted by atomic mass is 10.0. The minimum atomic E-state index is -0.232. The second-order valence-corrected chi connectivity index (χ2v) is 7.60. The lowest BCUT2D eigenvalue weighted by Gasteiger charge is -2.37. The zero-order valence-electron chi connectivity index (χ0n) is 15.0. The highest BCUT2D eigenvalue weighted by Gasteiger charge is 2.30. The molecule has 6 nitrogen and oxygen atoms in total. The number of thiophene rings is 1. The summed E-state index contributed by atoms with van der Waals surface area (Å²) in [5, 5.41) is 14.5. The molecule has 0 aliphatic carbocycles. The molecule has 0 bridgehead atoms. The van der Waals surface area contributed by atoms with Gasteiger partial charge in [0.2, 0.25) is 0 Å². The summed E-state index contributed by atoms with van der Waals surface area (Å²) in [4.78, 5) is 5.89. The van der Waals surface area contributed by atoms with Crippen LogP contribution in [0.25, 0.3) is 0 Å². The molecule has 27 heavy (non-hydrogen) atoms. The van der Waals surface area contributed by atoms with E-state index in [1.54, 1.807) is 11.3 Å². The summed E-state index contributed by atoms with van der Waals surface area (Å²) in [5.74, 6) is 0.568. The fraction of sp³-hybridized carbons (Fsp3) is 0.389. The predicted molar refractivity (Wildman–Crippen MR) is 106 cm³/mol. The number of tetrazole rings is 1. The molecule has 2 aromatic heterocycles. The first-order valence-electron chi connectivity index (χ1n) is 8.67. The van der Waals surface area contributed by atoms with E-state index in [1.165, 1.54) is 17.0 Å². The molecule has 1 aliphatic rings. The Labute approximate surface area is 168 Å². The molecule has 0 saturated carbocycles. The van der Waals surface area contributed by atoms with Crippen molar-refractivity contribution in [1.82, 2.24) is 30.0 Å². The molecule has 144 valence electrons. The number of halogens is 2. The quantitative estimate of drug-likeness (QED) is 0.649. The normalized spacial score (nSPS) is 16.8. The summed E-state index contributed by atoms with van der Waals surface area (Å²) < 4.78 is 15.3. The van der Waals surface area contributed by atoms with Crippen molar-refractivity contribution in [3.05, 3.63) is 63.9 Å². The van der Waals surface area contributed by atoms with E-state index in [0.29, 0.717) is 6.54 Å². The van der Waals surface area contributed by atoms with Gasteiger partial charge >= 0.3 is 0 Å². The summed E-state index contributed by atoms with van der Waals surface area (Å²) in [7, 11) is 2.13. The number of hydrogen-bond acceptors (Lipinski definition) is 6. The van der Waals surface area contributed by atoms with Crippen LogP contribution in [-0.2, 0) is 6.54 Å². The highest BCUT2D eigenvalue weighted by Crippen LogP contribution is 2.28. The van der Waals surface area contributed by atoms with Crippen molar-refractivity contribution in [2.45, 2.75) is 12.6 Å². The average molecular weight is 409 g/mol. The number of hydrogen-bond donors (Lipinski definition) is 0. The molecule has 0 N–H and O–H groups in total.